The average Bonchev–Trinajstić information content (AvgIpc) is 2.39. The molecule has 112 valence electrons. The standard InChI is InChI=1S/C16H19BrFN3/c1-16(2,3)20-10-11-7-8-19-15(14(11)18)21-13-6-4-5-12(17)9-13/h4-9,20H,10H2,1-3H3,(H,19,21). The third-order valence-corrected chi connectivity index (χ3v) is 3.36. The first-order valence-electron chi connectivity index (χ1n) is 6.76. The van der Waals surface area contributed by atoms with E-state index in [0.717, 1.165) is 10.2 Å². The molecule has 5 heteroatoms. The summed E-state index contributed by atoms with van der Waals surface area (Å²) in [5.74, 6) is -0.0875. The molecule has 0 saturated carbocycles. The summed E-state index contributed by atoms with van der Waals surface area (Å²) in [4.78, 5) is 4.08. The molecule has 0 amide bonds. The highest BCUT2D eigenvalue weighted by atomic mass is 79.9. The number of pyridine rings is 1. The van der Waals surface area contributed by atoms with Crippen molar-refractivity contribution in [2.24, 2.45) is 0 Å². The van der Waals surface area contributed by atoms with Crippen LogP contribution in [0.2, 0.25) is 0 Å². The third kappa shape index (κ3) is 4.79. The van der Waals surface area contributed by atoms with E-state index in [-0.39, 0.29) is 17.2 Å². The minimum atomic E-state index is -0.325. The number of nitrogens with one attached hydrogen (secondary N) is 2. The number of benzene rings is 1. The Hall–Kier alpha value is -1.46. The minimum absolute atomic E-state index is 0.0619. The van der Waals surface area contributed by atoms with Crippen LogP contribution in [0.3, 0.4) is 0 Å². The van der Waals surface area contributed by atoms with E-state index in [0.29, 0.717) is 12.1 Å². The Morgan fingerprint density at radius 2 is 2.00 bits per heavy atom. The fourth-order valence-corrected chi connectivity index (χ4v) is 2.17. The zero-order valence-electron chi connectivity index (χ0n) is 12.4. The van der Waals surface area contributed by atoms with Gasteiger partial charge < -0.3 is 10.6 Å². The highest BCUT2D eigenvalue weighted by Crippen LogP contribution is 2.22. The smallest absolute Gasteiger partial charge is 0.170 e. The molecular formula is C16H19BrFN3. The van der Waals surface area contributed by atoms with E-state index in [1.54, 1.807) is 12.3 Å². The van der Waals surface area contributed by atoms with Crippen molar-refractivity contribution in [2.45, 2.75) is 32.9 Å². The van der Waals surface area contributed by atoms with E-state index in [4.69, 9.17) is 0 Å². The van der Waals surface area contributed by atoms with Gasteiger partial charge >= 0.3 is 0 Å². The van der Waals surface area contributed by atoms with Gasteiger partial charge in [0.25, 0.3) is 0 Å². The summed E-state index contributed by atoms with van der Waals surface area (Å²) in [5.41, 5.74) is 1.32. The van der Waals surface area contributed by atoms with Gasteiger partial charge in [-0.2, -0.15) is 0 Å². The van der Waals surface area contributed by atoms with E-state index < -0.39 is 0 Å². The molecule has 0 saturated heterocycles. The Morgan fingerprint density at radius 3 is 2.67 bits per heavy atom. The van der Waals surface area contributed by atoms with E-state index in [1.165, 1.54) is 0 Å². The molecule has 21 heavy (non-hydrogen) atoms. The lowest BCUT2D eigenvalue weighted by atomic mass is 10.1. The molecule has 2 N–H and O–H groups in total. The molecule has 0 unspecified atom stereocenters. The maximum absolute atomic E-state index is 14.5. The minimum Gasteiger partial charge on any atom is -0.338 e. The summed E-state index contributed by atoms with van der Waals surface area (Å²) in [5, 5.41) is 6.28. The van der Waals surface area contributed by atoms with Gasteiger partial charge in [-0.1, -0.05) is 22.0 Å². The number of anilines is 2. The van der Waals surface area contributed by atoms with Crippen molar-refractivity contribution >= 4 is 27.4 Å². The van der Waals surface area contributed by atoms with Crippen LogP contribution < -0.4 is 10.6 Å². The van der Waals surface area contributed by atoms with Crippen LogP contribution in [0.25, 0.3) is 0 Å². The van der Waals surface area contributed by atoms with E-state index in [2.05, 4.69) is 31.5 Å². The second-order valence-corrected chi connectivity index (χ2v) is 6.79. The second kappa shape index (κ2) is 6.54. The summed E-state index contributed by atoms with van der Waals surface area (Å²) in [6.07, 6.45) is 1.61. The zero-order chi connectivity index (χ0) is 15.5. The fraction of sp³-hybridized carbons (Fsp3) is 0.312. The summed E-state index contributed by atoms with van der Waals surface area (Å²) in [7, 11) is 0. The number of halogens is 2. The Morgan fingerprint density at radius 1 is 1.24 bits per heavy atom. The summed E-state index contributed by atoms with van der Waals surface area (Å²) < 4.78 is 15.4. The van der Waals surface area contributed by atoms with E-state index >= 15 is 0 Å². The molecule has 0 aliphatic carbocycles. The van der Waals surface area contributed by atoms with E-state index in [9.17, 15) is 4.39 Å². The normalized spacial score (nSPS) is 11.5. The number of rotatable bonds is 4. The van der Waals surface area contributed by atoms with Gasteiger partial charge in [-0.15, -0.1) is 0 Å². The van der Waals surface area contributed by atoms with Crippen molar-refractivity contribution in [1.82, 2.24) is 10.3 Å². The number of aromatic nitrogens is 1. The van der Waals surface area contributed by atoms with E-state index in [1.807, 2.05) is 45.0 Å². The van der Waals surface area contributed by atoms with Crippen LogP contribution >= 0.6 is 15.9 Å². The van der Waals surface area contributed by atoms with Gasteiger partial charge in [0.2, 0.25) is 0 Å². The third-order valence-electron chi connectivity index (χ3n) is 2.87. The fourth-order valence-electron chi connectivity index (χ4n) is 1.77. The molecule has 1 aromatic heterocycles. The molecule has 1 aromatic carbocycles. The molecule has 0 bridgehead atoms. The number of hydrogen-bond acceptors (Lipinski definition) is 3. The van der Waals surface area contributed by atoms with Crippen molar-refractivity contribution in [1.29, 1.82) is 0 Å². The molecule has 0 aliphatic heterocycles. The monoisotopic (exact) mass is 351 g/mol. The Bertz CT molecular complexity index is 623. The van der Waals surface area contributed by atoms with Crippen LogP contribution in [-0.4, -0.2) is 10.5 Å². The Kier molecular flexibility index (Phi) is 4.96. The average molecular weight is 352 g/mol. The molecule has 2 aromatic rings. The van der Waals surface area contributed by atoms with Gasteiger partial charge in [-0.3, -0.25) is 0 Å². The van der Waals surface area contributed by atoms with Gasteiger partial charge in [0, 0.05) is 34.0 Å². The highest BCUT2D eigenvalue weighted by Gasteiger charge is 2.13. The SMILES string of the molecule is CC(C)(C)NCc1ccnc(Nc2cccc(Br)c2)c1F. The van der Waals surface area contributed by atoms with Gasteiger partial charge in [0.05, 0.1) is 0 Å². The van der Waals surface area contributed by atoms with Gasteiger partial charge in [-0.25, -0.2) is 9.37 Å². The van der Waals surface area contributed by atoms with Crippen molar-refractivity contribution < 1.29 is 4.39 Å². The van der Waals surface area contributed by atoms with Gasteiger partial charge in [-0.05, 0) is 45.0 Å². The molecule has 0 radical (unpaired) electrons. The van der Waals surface area contributed by atoms with Crippen molar-refractivity contribution in [3.63, 3.8) is 0 Å². The summed E-state index contributed by atoms with van der Waals surface area (Å²) in [6.45, 7) is 6.61. The predicted octanol–water partition coefficient (Wildman–Crippen LogP) is 4.61. The zero-order valence-corrected chi connectivity index (χ0v) is 14.0. The quantitative estimate of drug-likeness (QED) is 0.843. The van der Waals surface area contributed by atoms with Crippen molar-refractivity contribution in [3.05, 3.63) is 52.4 Å². The largest absolute Gasteiger partial charge is 0.338 e. The van der Waals surface area contributed by atoms with Crippen LogP contribution in [0.5, 0.6) is 0 Å². The lowest BCUT2D eigenvalue weighted by Crippen LogP contribution is -2.35. The predicted molar refractivity (Wildman–Crippen MR) is 88.2 cm³/mol. The maximum atomic E-state index is 14.5. The lowest BCUT2D eigenvalue weighted by molar-refractivity contribution is 0.418. The van der Waals surface area contributed by atoms with Crippen LogP contribution in [0.4, 0.5) is 15.9 Å². The molecular weight excluding hydrogens is 333 g/mol. The van der Waals surface area contributed by atoms with Crippen LogP contribution in [0.15, 0.2) is 41.0 Å². The molecule has 2 rings (SSSR count). The second-order valence-electron chi connectivity index (χ2n) is 5.87. The number of nitrogens with zero attached hydrogens (tertiary/aromatic N) is 1. The molecule has 0 spiro atoms. The Labute approximate surface area is 133 Å². The van der Waals surface area contributed by atoms with Crippen molar-refractivity contribution in [3.8, 4) is 0 Å². The molecule has 0 fully saturated rings. The Balaban J connectivity index is 2.17. The number of hydrogen-bond donors (Lipinski definition) is 2. The van der Waals surface area contributed by atoms with Crippen LogP contribution in [-0.2, 0) is 6.54 Å². The molecule has 0 atom stereocenters. The van der Waals surface area contributed by atoms with Crippen molar-refractivity contribution in [2.75, 3.05) is 5.32 Å². The van der Waals surface area contributed by atoms with Gasteiger partial charge in [0.1, 0.15) is 0 Å². The first-order valence-corrected chi connectivity index (χ1v) is 7.55. The first kappa shape index (κ1) is 15.9. The maximum Gasteiger partial charge on any atom is 0.170 e. The first-order chi connectivity index (χ1) is 9.85. The topological polar surface area (TPSA) is 37.0 Å². The van der Waals surface area contributed by atoms with Crippen LogP contribution in [0, 0.1) is 5.82 Å². The molecule has 1 heterocycles. The summed E-state index contributed by atoms with van der Waals surface area (Å²) in [6, 6.07) is 9.24. The molecule has 3 nitrogen and oxygen atoms in total. The van der Waals surface area contributed by atoms with Gasteiger partial charge in [0.15, 0.2) is 11.6 Å². The lowest BCUT2D eigenvalue weighted by Gasteiger charge is -2.21. The summed E-state index contributed by atoms with van der Waals surface area (Å²) >= 11 is 3.39. The highest BCUT2D eigenvalue weighted by molar-refractivity contribution is 9.10. The van der Waals surface area contributed by atoms with Crippen LogP contribution in [0.1, 0.15) is 26.3 Å². The molecule has 0 aliphatic rings.